The quantitative estimate of drug-likeness (QED) is 0.594. The normalized spacial score (nSPS) is 13.4. The Morgan fingerprint density at radius 2 is 1.67 bits per heavy atom. The molecule has 108 valence electrons. The summed E-state index contributed by atoms with van der Waals surface area (Å²) in [5, 5.41) is 0. The van der Waals surface area contributed by atoms with Crippen LogP contribution in [0.1, 0.15) is 47.0 Å². The number of nitrogens with zero attached hydrogens (tertiary/aromatic N) is 1. The van der Waals surface area contributed by atoms with Gasteiger partial charge in [0.25, 0.3) is 0 Å². The first-order valence-corrected chi connectivity index (χ1v) is 7.14. The summed E-state index contributed by atoms with van der Waals surface area (Å²) in [6, 6.07) is 0. The fourth-order valence-corrected chi connectivity index (χ4v) is 1.88. The number of hydrogen-bond acceptors (Lipinski definition) is 3. The molecule has 0 saturated carbocycles. The van der Waals surface area contributed by atoms with Gasteiger partial charge in [0, 0.05) is 6.54 Å². The Labute approximate surface area is 113 Å². The lowest BCUT2D eigenvalue weighted by molar-refractivity contribution is -0.149. The zero-order valence-corrected chi connectivity index (χ0v) is 13.0. The van der Waals surface area contributed by atoms with Gasteiger partial charge in [0.05, 0.1) is 5.92 Å². The van der Waals surface area contributed by atoms with E-state index >= 15 is 0 Å². The minimum absolute atomic E-state index is 0.00815. The van der Waals surface area contributed by atoms with E-state index in [4.69, 9.17) is 4.74 Å². The molecule has 0 amide bonds. The van der Waals surface area contributed by atoms with E-state index in [-0.39, 0.29) is 11.9 Å². The maximum atomic E-state index is 12.0. The Hall–Kier alpha value is -0.570. The van der Waals surface area contributed by atoms with Gasteiger partial charge >= 0.3 is 5.97 Å². The third-order valence-electron chi connectivity index (χ3n) is 2.96. The topological polar surface area (TPSA) is 29.5 Å². The van der Waals surface area contributed by atoms with Gasteiger partial charge in [0.15, 0.2) is 0 Å². The molecule has 0 aromatic heterocycles. The predicted molar refractivity (Wildman–Crippen MR) is 76.5 cm³/mol. The molecule has 3 heteroatoms. The molecule has 1 unspecified atom stereocenters. The zero-order valence-electron chi connectivity index (χ0n) is 13.0. The largest absolute Gasteiger partial charge is 0.464 e. The molecule has 0 aromatic rings. The maximum absolute atomic E-state index is 12.0. The molecule has 0 heterocycles. The Morgan fingerprint density at radius 3 is 2.11 bits per heavy atom. The fraction of sp³-hybridized carbons (Fsp3) is 0.933. The molecule has 0 rings (SSSR count). The van der Waals surface area contributed by atoms with Gasteiger partial charge in [-0.05, 0) is 38.8 Å². The summed E-state index contributed by atoms with van der Waals surface area (Å²) in [4.78, 5) is 14.1. The number of likely N-dealkylation sites (N-methyl/N-ethyl adjacent to an activating group) is 1. The van der Waals surface area contributed by atoms with Crippen LogP contribution in [0.25, 0.3) is 0 Å². The van der Waals surface area contributed by atoms with Crippen molar-refractivity contribution in [2.75, 3.05) is 27.2 Å². The van der Waals surface area contributed by atoms with Crippen molar-refractivity contribution in [1.82, 2.24) is 4.90 Å². The van der Waals surface area contributed by atoms with Gasteiger partial charge in [-0.15, -0.1) is 0 Å². The Morgan fingerprint density at radius 1 is 1.06 bits per heavy atom. The monoisotopic (exact) mass is 257 g/mol. The average Bonchev–Trinajstić information content (AvgIpc) is 2.22. The van der Waals surface area contributed by atoms with E-state index in [1.807, 2.05) is 19.0 Å². The predicted octanol–water partition coefficient (Wildman–Crippen LogP) is 3.19. The van der Waals surface area contributed by atoms with Crippen molar-refractivity contribution in [3.8, 4) is 0 Å². The third kappa shape index (κ3) is 9.46. The van der Waals surface area contributed by atoms with Crippen LogP contribution in [-0.2, 0) is 9.53 Å². The number of hydrogen-bond donors (Lipinski definition) is 0. The van der Waals surface area contributed by atoms with Gasteiger partial charge in [-0.3, -0.25) is 4.79 Å². The Balaban J connectivity index is 4.13. The maximum Gasteiger partial charge on any atom is 0.308 e. The SMILES string of the molecule is CC(C)CCC(CC(C)C)C(=O)OCCN(C)C. The molecule has 0 saturated heterocycles. The molecule has 0 bridgehead atoms. The van der Waals surface area contributed by atoms with E-state index in [0.717, 1.165) is 25.8 Å². The molecule has 0 spiro atoms. The van der Waals surface area contributed by atoms with Crippen LogP contribution in [0.3, 0.4) is 0 Å². The van der Waals surface area contributed by atoms with E-state index in [1.54, 1.807) is 0 Å². The molecule has 0 aliphatic carbocycles. The average molecular weight is 257 g/mol. The molecule has 0 fully saturated rings. The lowest BCUT2D eigenvalue weighted by atomic mass is 9.90. The summed E-state index contributed by atoms with van der Waals surface area (Å²) in [6.07, 6.45) is 2.99. The van der Waals surface area contributed by atoms with Gasteiger partial charge < -0.3 is 9.64 Å². The van der Waals surface area contributed by atoms with E-state index < -0.39 is 0 Å². The highest BCUT2D eigenvalue weighted by Crippen LogP contribution is 2.21. The second-order valence-electron chi connectivity index (χ2n) is 6.27. The lowest BCUT2D eigenvalue weighted by Crippen LogP contribution is -2.25. The molecule has 1 atom stereocenters. The molecule has 0 radical (unpaired) electrons. The molecule has 0 aliphatic heterocycles. The van der Waals surface area contributed by atoms with E-state index in [1.165, 1.54) is 0 Å². The summed E-state index contributed by atoms with van der Waals surface area (Å²) < 4.78 is 5.37. The molecule has 18 heavy (non-hydrogen) atoms. The Bertz CT molecular complexity index is 225. The number of carbonyl (C=O) groups is 1. The second kappa shape index (κ2) is 9.37. The van der Waals surface area contributed by atoms with Crippen LogP contribution in [0, 0.1) is 17.8 Å². The highest BCUT2D eigenvalue weighted by atomic mass is 16.5. The molecule has 0 aliphatic rings. The van der Waals surface area contributed by atoms with Crippen LogP contribution >= 0.6 is 0 Å². The van der Waals surface area contributed by atoms with Crippen LogP contribution < -0.4 is 0 Å². The van der Waals surface area contributed by atoms with Crippen molar-refractivity contribution in [2.45, 2.75) is 47.0 Å². The van der Waals surface area contributed by atoms with Gasteiger partial charge in [-0.1, -0.05) is 34.1 Å². The van der Waals surface area contributed by atoms with Crippen molar-refractivity contribution >= 4 is 5.97 Å². The minimum Gasteiger partial charge on any atom is -0.464 e. The van der Waals surface area contributed by atoms with Gasteiger partial charge in [-0.2, -0.15) is 0 Å². The summed E-state index contributed by atoms with van der Waals surface area (Å²) in [6.45, 7) is 10.0. The number of rotatable bonds is 9. The summed E-state index contributed by atoms with van der Waals surface area (Å²) in [5.41, 5.74) is 0. The highest BCUT2D eigenvalue weighted by molar-refractivity contribution is 5.72. The van der Waals surface area contributed by atoms with Gasteiger partial charge in [-0.25, -0.2) is 0 Å². The molecule has 0 aromatic carbocycles. The van der Waals surface area contributed by atoms with Gasteiger partial charge in [0.2, 0.25) is 0 Å². The van der Waals surface area contributed by atoms with Crippen LogP contribution in [0.5, 0.6) is 0 Å². The van der Waals surface area contributed by atoms with Crippen LogP contribution in [0.15, 0.2) is 0 Å². The van der Waals surface area contributed by atoms with Crippen LogP contribution in [-0.4, -0.2) is 38.1 Å². The van der Waals surface area contributed by atoms with Gasteiger partial charge in [0.1, 0.15) is 6.61 Å². The molecular formula is C15H31NO2. The van der Waals surface area contributed by atoms with Crippen molar-refractivity contribution in [3.05, 3.63) is 0 Å². The Kier molecular flexibility index (Phi) is 9.08. The molecule has 0 N–H and O–H groups in total. The zero-order chi connectivity index (χ0) is 14.1. The first-order valence-electron chi connectivity index (χ1n) is 7.14. The lowest BCUT2D eigenvalue weighted by Gasteiger charge is -2.19. The minimum atomic E-state index is -0.00815. The van der Waals surface area contributed by atoms with Crippen LogP contribution in [0.4, 0.5) is 0 Å². The van der Waals surface area contributed by atoms with Crippen molar-refractivity contribution in [1.29, 1.82) is 0 Å². The fourth-order valence-electron chi connectivity index (χ4n) is 1.88. The molecule has 3 nitrogen and oxygen atoms in total. The van der Waals surface area contributed by atoms with E-state index in [2.05, 4.69) is 27.7 Å². The number of ether oxygens (including phenoxy) is 1. The van der Waals surface area contributed by atoms with Crippen molar-refractivity contribution in [3.63, 3.8) is 0 Å². The summed E-state index contributed by atoms with van der Waals surface area (Å²) >= 11 is 0. The first-order chi connectivity index (χ1) is 8.32. The first kappa shape index (κ1) is 17.4. The van der Waals surface area contributed by atoms with Crippen LogP contribution in [0.2, 0.25) is 0 Å². The number of carbonyl (C=O) groups excluding carboxylic acids is 1. The highest BCUT2D eigenvalue weighted by Gasteiger charge is 2.21. The van der Waals surface area contributed by atoms with Crippen molar-refractivity contribution < 1.29 is 9.53 Å². The third-order valence-corrected chi connectivity index (χ3v) is 2.96. The van der Waals surface area contributed by atoms with Crippen molar-refractivity contribution in [2.24, 2.45) is 17.8 Å². The second-order valence-corrected chi connectivity index (χ2v) is 6.27. The smallest absolute Gasteiger partial charge is 0.308 e. The van der Waals surface area contributed by atoms with E-state index in [0.29, 0.717) is 18.4 Å². The molecular weight excluding hydrogens is 226 g/mol. The van der Waals surface area contributed by atoms with E-state index in [9.17, 15) is 4.79 Å². The summed E-state index contributed by atoms with van der Waals surface area (Å²) in [7, 11) is 3.97. The summed E-state index contributed by atoms with van der Waals surface area (Å²) in [5.74, 6) is 1.26. The number of esters is 1. The standard InChI is InChI=1S/C15H31NO2/c1-12(2)7-8-14(11-13(3)4)15(17)18-10-9-16(5)6/h12-14H,7-11H2,1-6H3.